The highest BCUT2D eigenvalue weighted by atomic mass is 16.6. The Morgan fingerprint density at radius 2 is 2.00 bits per heavy atom. The average molecular weight is 464 g/mol. The van der Waals surface area contributed by atoms with Crippen molar-refractivity contribution in [3.05, 3.63) is 54.1 Å². The number of piperidine rings is 1. The number of amides is 1. The van der Waals surface area contributed by atoms with E-state index in [1.54, 1.807) is 12.4 Å². The summed E-state index contributed by atoms with van der Waals surface area (Å²) in [4.78, 5) is 23.9. The monoisotopic (exact) mass is 463 g/mol. The Balaban J connectivity index is 1.55. The van der Waals surface area contributed by atoms with Crippen LogP contribution < -0.4 is 10.2 Å². The van der Waals surface area contributed by atoms with E-state index in [1.807, 2.05) is 44.4 Å². The lowest BCUT2D eigenvalue weighted by Gasteiger charge is -2.34. The number of nitrogens with zero attached hydrogens (tertiary/aromatic N) is 4. The number of para-hydroxylation sites is 1. The van der Waals surface area contributed by atoms with Crippen molar-refractivity contribution in [2.45, 2.75) is 52.2 Å². The minimum absolute atomic E-state index is 0.0291. The number of aliphatic hydroxyl groups is 1. The zero-order chi connectivity index (χ0) is 24.3. The standard InChI is InChI=1S/C26H33N5O3/c1-18-21(9-6-16-32)31(17-27-18)23-11-10-19-7-5-8-22(24(19)29-23)30-14-12-20(13-15-30)28-25(33)34-26(2,3)4/h5-11,17,20,32H,12-16H2,1-4H3,(H,28,33)/b9-6-. The zero-order valence-corrected chi connectivity index (χ0v) is 20.3. The van der Waals surface area contributed by atoms with Crippen molar-refractivity contribution < 1.29 is 14.6 Å². The molecule has 0 aliphatic carbocycles. The van der Waals surface area contributed by atoms with Crippen LogP contribution in [0.15, 0.2) is 42.7 Å². The van der Waals surface area contributed by atoms with Gasteiger partial charge in [-0.1, -0.05) is 18.2 Å². The Hall–Kier alpha value is -3.39. The number of ether oxygens (including phenoxy) is 1. The van der Waals surface area contributed by atoms with Gasteiger partial charge in [0.05, 0.1) is 29.2 Å². The smallest absolute Gasteiger partial charge is 0.407 e. The number of pyridine rings is 1. The molecule has 8 heteroatoms. The van der Waals surface area contributed by atoms with Crippen LogP contribution >= 0.6 is 0 Å². The summed E-state index contributed by atoms with van der Waals surface area (Å²) in [5, 5.41) is 13.3. The number of carbonyl (C=O) groups excluding carboxylic acids is 1. The molecule has 0 radical (unpaired) electrons. The number of aliphatic hydroxyl groups excluding tert-OH is 1. The van der Waals surface area contributed by atoms with Gasteiger partial charge >= 0.3 is 6.09 Å². The molecule has 1 saturated heterocycles. The Labute approximate surface area is 200 Å². The van der Waals surface area contributed by atoms with Crippen LogP contribution in [-0.2, 0) is 4.74 Å². The van der Waals surface area contributed by atoms with Gasteiger partial charge in [-0.05, 0) is 64.8 Å². The molecule has 0 spiro atoms. The van der Waals surface area contributed by atoms with Crippen LogP contribution in [0.3, 0.4) is 0 Å². The summed E-state index contributed by atoms with van der Waals surface area (Å²) in [5.74, 6) is 0.777. The molecule has 8 nitrogen and oxygen atoms in total. The molecule has 1 aromatic carbocycles. The molecule has 0 saturated carbocycles. The Kier molecular flexibility index (Phi) is 6.88. The van der Waals surface area contributed by atoms with E-state index >= 15 is 0 Å². The van der Waals surface area contributed by atoms with Crippen LogP contribution in [0, 0.1) is 6.92 Å². The van der Waals surface area contributed by atoms with E-state index in [-0.39, 0.29) is 18.7 Å². The summed E-state index contributed by atoms with van der Waals surface area (Å²) in [6.45, 7) is 9.16. The molecule has 1 aliphatic heterocycles. The molecule has 1 aliphatic rings. The van der Waals surface area contributed by atoms with Crippen molar-refractivity contribution in [1.82, 2.24) is 19.9 Å². The molecular formula is C26H33N5O3. The molecule has 0 atom stereocenters. The third-order valence-corrected chi connectivity index (χ3v) is 5.87. The average Bonchev–Trinajstić information content (AvgIpc) is 3.16. The van der Waals surface area contributed by atoms with Gasteiger partial charge in [-0.25, -0.2) is 14.8 Å². The fraction of sp³-hybridized carbons (Fsp3) is 0.423. The van der Waals surface area contributed by atoms with Gasteiger partial charge < -0.3 is 20.1 Å². The predicted molar refractivity (Wildman–Crippen MR) is 134 cm³/mol. The van der Waals surface area contributed by atoms with Crippen molar-refractivity contribution >= 4 is 28.8 Å². The summed E-state index contributed by atoms with van der Waals surface area (Å²) >= 11 is 0. The second-order valence-corrected chi connectivity index (χ2v) is 9.60. The number of hydrogen-bond acceptors (Lipinski definition) is 6. The van der Waals surface area contributed by atoms with E-state index in [1.165, 1.54) is 0 Å². The van der Waals surface area contributed by atoms with Crippen molar-refractivity contribution in [2.75, 3.05) is 24.6 Å². The number of fused-ring (bicyclic) bond motifs is 1. The number of anilines is 1. The molecule has 3 aromatic rings. The van der Waals surface area contributed by atoms with Gasteiger partial charge in [0.25, 0.3) is 0 Å². The highest BCUT2D eigenvalue weighted by molar-refractivity contribution is 5.91. The van der Waals surface area contributed by atoms with Gasteiger partial charge in [-0.3, -0.25) is 4.57 Å². The number of hydrogen-bond donors (Lipinski definition) is 2. The molecule has 34 heavy (non-hydrogen) atoms. The summed E-state index contributed by atoms with van der Waals surface area (Å²) in [5.41, 5.74) is 3.28. The lowest BCUT2D eigenvalue weighted by Crippen LogP contribution is -2.46. The van der Waals surface area contributed by atoms with E-state index in [2.05, 4.69) is 39.5 Å². The maximum Gasteiger partial charge on any atom is 0.407 e. The molecule has 2 aromatic heterocycles. The van der Waals surface area contributed by atoms with Gasteiger partial charge in [-0.2, -0.15) is 0 Å². The van der Waals surface area contributed by atoms with E-state index in [0.29, 0.717) is 0 Å². The largest absolute Gasteiger partial charge is 0.444 e. The van der Waals surface area contributed by atoms with Crippen molar-refractivity contribution in [3.8, 4) is 5.82 Å². The van der Waals surface area contributed by atoms with Crippen molar-refractivity contribution in [3.63, 3.8) is 0 Å². The van der Waals surface area contributed by atoms with Crippen molar-refractivity contribution in [1.29, 1.82) is 0 Å². The van der Waals surface area contributed by atoms with Crippen LogP contribution in [0.4, 0.5) is 10.5 Å². The molecule has 180 valence electrons. The second-order valence-electron chi connectivity index (χ2n) is 9.60. The fourth-order valence-electron chi connectivity index (χ4n) is 4.24. The predicted octanol–water partition coefficient (Wildman–Crippen LogP) is 4.23. The summed E-state index contributed by atoms with van der Waals surface area (Å²) in [6.07, 6.45) is 6.64. The number of aryl methyl sites for hydroxylation is 1. The fourth-order valence-corrected chi connectivity index (χ4v) is 4.24. The van der Waals surface area contributed by atoms with E-state index < -0.39 is 5.60 Å². The third-order valence-electron chi connectivity index (χ3n) is 5.87. The molecule has 2 N–H and O–H groups in total. The molecule has 0 unspecified atom stereocenters. The molecule has 3 heterocycles. The quantitative estimate of drug-likeness (QED) is 0.588. The van der Waals surface area contributed by atoms with Crippen LogP contribution in [-0.4, -0.2) is 57.1 Å². The molecule has 4 rings (SSSR count). The first-order chi connectivity index (χ1) is 16.2. The number of imidazole rings is 1. The normalized spacial score (nSPS) is 15.3. The van der Waals surface area contributed by atoms with E-state index in [9.17, 15) is 9.90 Å². The molecule has 1 amide bonds. The van der Waals surface area contributed by atoms with Gasteiger partial charge in [0.2, 0.25) is 0 Å². The first-order valence-electron chi connectivity index (χ1n) is 11.7. The Bertz CT molecular complexity index is 1190. The van der Waals surface area contributed by atoms with Crippen molar-refractivity contribution in [2.24, 2.45) is 0 Å². The van der Waals surface area contributed by atoms with Gasteiger partial charge in [0, 0.05) is 24.5 Å². The number of carbonyl (C=O) groups is 1. The van der Waals surface area contributed by atoms with Crippen LogP contribution in [0.2, 0.25) is 0 Å². The van der Waals surface area contributed by atoms with E-state index in [4.69, 9.17) is 9.72 Å². The zero-order valence-electron chi connectivity index (χ0n) is 20.3. The molecular weight excluding hydrogens is 430 g/mol. The number of nitrogens with one attached hydrogen (secondary N) is 1. The lowest BCUT2D eigenvalue weighted by molar-refractivity contribution is 0.0497. The SMILES string of the molecule is Cc1ncn(-c2ccc3cccc(N4CCC(NC(=O)OC(C)(C)C)CC4)c3n2)c1/C=C\CO. The first-order valence-corrected chi connectivity index (χ1v) is 11.7. The number of alkyl carbamates (subject to hydrolysis) is 1. The Morgan fingerprint density at radius 1 is 1.24 bits per heavy atom. The maximum atomic E-state index is 12.1. The molecule has 1 fully saturated rings. The number of aromatic nitrogens is 3. The third kappa shape index (κ3) is 5.39. The topological polar surface area (TPSA) is 92.5 Å². The van der Waals surface area contributed by atoms with Gasteiger partial charge in [0.1, 0.15) is 17.7 Å². The van der Waals surface area contributed by atoms with Crippen LogP contribution in [0.5, 0.6) is 0 Å². The minimum Gasteiger partial charge on any atom is -0.444 e. The second kappa shape index (κ2) is 9.85. The van der Waals surface area contributed by atoms with Gasteiger partial charge in [-0.15, -0.1) is 0 Å². The van der Waals surface area contributed by atoms with Crippen LogP contribution in [0.1, 0.15) is 45.0 Å². The minimum atomic E-state index is -0.501. The van der Waals surface area contributed by atoms with Gasteiger partial charge in [0.15, 0.2) is 0 Å². The number of benzene rings is 1. The van der Waals surface area contributed by atoms with Crippen LogP contribution in [0.25, 0.3) is 22.8 Å². The number of rotatable bonds is 5. The summed E-state index contributed by atoms with van der Waals surface area (Å²) in [6, 6.07) is 10.4. The first kappa shape index (κ1) is 23.8. The highest BCUT2D eigenvalue weighted by Crippen LogP contribution is 2.29. The Morgan fingerprint density at radius 3 is 2.71 bits per heavy atom. The summed E-state index contributed by atoms with van der Waals surface area (Å²) in [7, 11) is 0. The lowest BCUT2D eigenvalue weighted by atomic mass is 10.0. The molecule has 0 bridgehead atoms. The summed E-state index contributed by atoms with van der Waals surface area (Å²) < 4.78 is 7.34. The highest BCUT2D eigenvalue weighted by Gasteiger charge is 2.25. The van der Waals surface area contributed by atoms with E-state index in [0.717, 1.165) is 59.7 Å². The maximum absolute atomic E-state index is 12.1.